The SMILES string of the molecule is COc1c(N2CC(C)SC(C)C2)nc[nH]c1=O. The molecule has 6 heteroatoms. The number of aromatic nitrogens is 2. The van der Waals surface area contributed by atoms with Crippen molar-refractivity contribution in [2.45, 2.75) is 24.3 Å². The van der Waals surface area contributed by atoms with Crippen LogP contribution in [0.1, 0.15) is 13.8 Å². The first-order valence-corrected chi connectivity index (χ1v) is 6.58. The number of thioether (sulfide) groups is 1. The van der Waals surface area contributed by atoms with E-state index in [0.29, 0.717) is 22.1 Å². The average molecular weight is 255 g/mol. The van der Waals surface area contributed by atoms with Gasteiger partial charge in [0.05, 0.1) is 13.4 Å². The van der Waals surface area contributed by atoms with Gasteiger partial charge in [-0.05, 0) is 0 Å². The van der Waals surface area contributed by atoms with Crippen LogP contribution in [-0.4, -0.2) is 40.7 Å². The van der Waals surface area contributed by atoms with Gasteiger partial charge in [-0.2, -0.15) is 11.8 Å². The highest BCUT2D eigenvalue weighted by molar-refractivity contribution is 8.00. The minimum atomic E-state index is -0.226. The highest BCUT2D eigenvalue weighted by Crippen LogP contribution is 2.30. The van der Waals surface area contributed by atoms with E-state index in [0.717, 1.165) is 13.1 Å². The fourth-order valence-electron chi connectivity index (χ4n) is 2.14. The van der Waals surface area contributed by atoms with Crippen molar-refractivity contribution in [3.8, 4) is 5.75 Å². The summed E-state index contributed by atoms with van der Waals surface area (Å²) >= 11 is 1.96. The Labute approximate surface area is 105 Å². The van der Waals surface area contributed by atoms with Crippen molar-refractivity contribution in [3.63, 3.8) is 0 Å². The minimum absolute atomic E-state index is 0.226. The van der Waals surface area contributed by atoms with Crippen LogP contribution in [0.25, 0.3) is 0 Å². The van der Waals surface area contributed by atoms with E-state index in [4.69, 9.17) is 4.74 Å². The van der Waals surface area contributed by atoms with Gasteiger partial charge in [0.2, 0.25) is 5.75 Å². The maximum absolute atomic E-state index is 11.6. The molecule has 2 heterocycles. The summed E-state index contributed by atoms with van der Waals surface area (Å²) in [6.07, 6.45) is 1.43. The van der Waals surface area contributed by atoms with Crippen molar-refractivity contribution < 1.29 is 4.74 Å². The average Bonchev–Trinajstić information content (AvgIpc) is 2.27. The molecule has 1 aliphatic heterocycles. The van der Waals surface area contributed by atoms with E-state index >= 15 is 0 Å². The fourth-order valence-corrected chi connectivity index (χ4v) is 3.46. The Morgan fingerprint density at radius 1 is 1.47 bits per heavy atom. The van der Waals surface area contributed by atoms with Crippen LogP contribution in [0.15, 0.2) is 11.1 Å². The molecule has 1 saturated heterocycles. The zero-order chi connectivity index (χ0) is 12.4. The number of nitrogens with one attached hydrogen (secondary N) is 1. The lowest BCUT2D eigenvalue weighted by Crippen LogP contribution is -2.41. The number of anilines is 1. The number of ether oxygens (including phenoxy) is 1. The van der Waals surface area contributed by atoms with Gasteiger partial charge in [0.25, 0.3) is 5.56 Å². The second-order valence-electron chi connectivity index (χ2n) is 4.25. The Morgan fingerprint density at radius 2 is 2.12 bits per heavy atom. The molecule has 1 aromatic heterocycles. The van der Waals surface area contributed by atoms with Crippen molar-refractivity contribution in [1.82, 2.24) is 9.97 Å². The zero-order valence-electron chi connectivity index (χ0n) is 10.3. The Morgan fingerprint density at radius 3 is 2.71 bits per heavy atom. The van der Waals surface area contributed by atoms with Gasteiger partial charge in [0.1, 0.15) is 0 Å². The molecule has 0 saturated carbocycles. The van der Waals surface area contributed by atoms with Gasteiger partial charge in [-0.3, -0.25) is 4.79 Å². The molecule has 1 aromatic rings. The molecule has 0 aliphatic carbocycles. The van der Waals surface area contributed by atoms with Crippen LogP contribution in [0.3, 0.4) is 0 Å². The maximum Gasteiger partial charge on any atom is 0.295 e. The molecular weight excluding hydrogens is 238 g/mol. The quantitative estimate of drug-likeness (QED) is 0.858. The summed E-state index contributed by atoms with van der Waals surface area (Å²) in [5.41, 5.74) is -0.226. The first-order chi connectivity index (χ1) is 8.11. The van der Waals surface area contributed by atoms with Gasteiger partial charge < -0.3 is 14.6 Å². The largest absolute Gasteiger partial charge is 0.489 e. The minimum Gasteiger partial charge on any atom is -0.489 e. The lowest BCUT2D eigenvalue weighted by atomic mass is 10.3. The van der Waals surface area contributed by atoms with E-state index in [2.05, 4.69) is 28.7 Å². The molecule has 0 radical (unpaired) electrons. The molecule has 2 rings (SSSR count). The van der Waals surface area contributed by atoms with Crippen molar-refractivity contribution in [3.05, 3.63) is 16.7 Å². The predicted octanol–water partition coefficient (Wildman–Crippen LogP) is 1.11. The molecule has 2 atom stereocenters. The third kappa shape index (κ3) is 2.57. The Bertz CT molecular complexity index is 439. The van der Waals surface area contributed by atoms with E-state index in [1.165, 1.54) is 13.4 Å². The van der Waals surface area contributed by atoms with Gasteiger partial charge >= 0.3 is 0 Å². The summed E-state index contributed by atoms with van der Waals surface area (Å²) in [5, 5.41) is 1.06. The first-order valence-electron chi connectivity index (χ1n) is 5.64. The van der Waals surface area contributed by atoms with Crippen LogP contribution in [0.5, 0.6) is 5.75 Å². The lowest BCUT2D eigenvalue weighted by Gasteiger charge is -2.35. The lowest BCUT2D eigenvalue weighted by molar-refractivity contribution is 0.405. The molecule has 1 N–H and O–H groups in total. The third-order valence-electron chi connectivity index (χ3n) is 2.72. The standard InChI is InChI=1S/C11H17N3O2S/c1-7-4-14(5-8(2)17-7)10-9(16-3)11(15)13-6-12-10/h6-8H,4-5H2,1-3H3,(H,12,13,15). The summed E-state index contributed by atoms with van der Waals surface area (Å²) in [7, 11) is 1.50. The molecule has 0 aromatic carbocycles. The van der Waals surface area contributed by atoms with E-state index in [1.54, 1.807) is 0 Å². The van der Waals surface area contributed by atoms with Crippen LogP contribution >= 0.6 is 11.8 Å². The molecule has 5 nitrogen and oxygen atoms in total. The summed E-state index contributed by atoms with van der Waals surface area (Å²) in [5.74, 6) is 0.953. The number of aromatic amines is 1. The van der Waals surface area contributed by atoms with Crippen molar-refractivity contribution in [1.29, 1.82) is 0 Å². The number of rotatable bonds is 2. The molecule has 1 aliphatic rings. The Hall–Kier alpha value is -1.17. The van der Waals surface area contributed by atoms with Crippen LogP contribution in [-0.2, 0) is 0 Å². The van der Waals surface area contributed by atoms with Crippen molar-refractivity contribution in [2.75, 3.05) is 25.1 Å². The highest BCUT2D eigenvalue weighted by atomic mass is 32.2. The molecule has 0 amide bonds. The molecule has 94 valence electrons. The van der Waals surface area contributed by atoms with Gasteiger partial charge in [-0.1, -0.05) is 13.8 Å². The topological polar surface area (TPSA) is 58.2 Å². The van der Waals surface area contributed by atoms with Gasteiger partial charge in [0, 0.05) is 23.6 Å². The van der Waals surface area contributed by atoms with E-state index < -0.39 is 0 Å². The second-order valence-corrected chi connectivity index (χ2v) is 6.13. The molecule has 0 bridgehead atoms. The van der Waals surface area contributed by atoms with E-state index in [9.17, 15) is 4.79 Å². The molecule has 0 spiro atoms. The van der Waals surface area contributed by atoms with Crippen molar-refractivity contribution >= 4 is 17.6 Å². The van der Waals surface area contributed by atoms with Crippen LogP contribution in [0.4, 0.5) is 5.82 Å². The molecule has 1 fully saturated rings. The van der Waals surface area contributed by atoms with Crippen LogP contribution < -0.4 is 15.2 Å². The summed E-state index contributed by atoms with van der Waals surface area (Å²) in [4.78, 5) is 20.5. The van der Waals surface area contributed by atoms with Gasteiger partial charge in [-0.25, -0.2) is 4.98 Å². The Balaban J connectivity index is 2.33. The summed E-state index contributed by atoms with van der Waals surface area (Å²) < 4.78 is 5.15. The number of methoxy groups -OCH3 is 1. The fraction of sp³-hybridized carbons (Fsp3) is 0.636. The second kappa shape index (κ2) is 5.00. The number of H-pyrrole nitrogens is 1. The number of nitrogens with zero attached hydrogens (tertiary/aromatic N) is 2. The highest BCUT2D eigenvalue weighted by Gasteiger charge is 2.26. The van der Waals surface area contributed by atoms with E-state index in [1.807, 2.05) is 11.8 Å². The van der Waals surface area contributed by atoms with Crippen molar-refractivity contribution in [2.24, 2.45) is 0 Å². The first kappa shape index (κ1) is 12.3. The molecular formula is C11H17N3O2S. The smallest absolute Gasteiger partial charge is 0.295 e. The Kier molecular flexibility index (Phi) is 3.61. The number of hydrogen-bond donors (Lipinski definition) is 1. The van der Waals surface area contributed by atoms with E-state index in [-0.39, 0.29) is 5.56 Å². The number of hydrogen-bond acceptors (Lipinski definition) is 5. The monoisotopic (exact) mass is 255 g/mol. The van der Waals surface area contributed by atoms with Gasteiger partial charge in [-0.15, -0.1) is 0 Å². The normalized spacial score (nSPS) is 24.8. The predicted molar refractivity (Wildman–Crippen MR) is 70.1 cm³/mol. The molecule has 2 unspecified atom stereocenters. The van der Waals surface area contributed by atoms with Crippen LogP contribution in [0.2, 0.25) is 0 Å². The zero-order valence-corrected chi connectivity index (χ0v) is 11.1. The van der Waals surface area contributed by atoms with Crippen LogP contribution in [0, 0.1) is 0 Å². The summed E-state index contributed by atoms with van der Waals surface area (Å²) in [6.45, 7) is 6.16. The maximum atomic E-state index is 11.6. The third-order valence-corrected chi connectivity index (χ3v) is 3.94. The van der Waals surface area contributed by atoms with Gasteiger partial charge in [0.15, 0.2) is 5.82 Å². The molecule has 17 heavy (non-hydrogen) atoms. The summed E-state index contributed by atoms with van der Waals surface area (Å²) in [6, 6.07) is 0.